The Morgan fingerprint density at radius 3 is 1.60 bits per heavy atom. The van der Waals surface area contributed by atoms with Gasteiger partial charge < -0.3 is 9.13 Å². The third-order valence-corrected chi connectivity index (χ3v) is 12.2. The van der Waals surface area contributed by atoms with Gasteiger partial charge in [-0.2, -0.15) is 0 Å². The van der Waals surface area contributed by atoms with Crippen molar-refractivity contribution >= 4 is 97.9 Å². The summed E-state index contributed by atoms with van der Waals surface area (Å²) in [7, 11) is 0. The molecule has 4 aromatic heterocycles. The van der Waals surface area contributed by atoms with E-state index in [1.165, 1.54) is 75.9 Å². The lowest BCUT2D eigenvalue weighted by atomic mass is 10.0. The number of benzene rings is 9. The summed E-state index contributed by atoms with van der Waals surface area (Å²) in [6.45, 7) is 0. The van der Waals surface area contributed by atoms with Crippen LogP contribution in [0.5, 0.6) is 0 Å². The second kappa shape index (κ2) is 11.4. The summed E-state index contributed by atoms with van der Waals surface area (Å²) in [6.07, 6.45) is 0. The van der Waals surface area contributed by atoms with Crippen molar-refractivity contribution in [1.29, 1.82) is 0 Å². The lowest BCUT2D eigenvalue weighted by Crippen LogP contribution is -2.03. The van der Waals surface area contributed by atoms with E-state index in [4.69, 9.17) is 4.98 Å². The average Bonchev–Trinajstić information content (AvgIpc) is 3.90. The van der Waals surface area contributed by atoms with Crippen molar-refractivity contribution in [2.45, 2.75) is 0 Å². The normalized spacial score (nSPS) is 12.2. The van der Waals surface area contributed by atoms with Crippen LogP contribution in [0, 0.1) is 0 Å². The highest BCUT2D eigenvalue weighted by Crippen LogP contribution is 2.42. The van der Waals surface area contributed by atoms with Crippen LogP contribution in [0.3, 0.4) is 0 Å². The van der Waals surface area contributed by atoms with Gasteiger partial charge in [-0.3, -0.25) is 4.57 Å². The second-order valence-corrected chi connectivity index (χ2v) is 15.2. The Morgan fingerprint density at radius 1 is 0.298 bits per heavy atom. The Labute approximate surface area is 326 Å². The molecule has 0 amide bonds. The molecule has 4 heteroatoms. The third-order valence-electron chi connectivity index (χ3n) is 12.2. The molecule has 9 aromatic carbocycles. The van der Waals surface area contributed by atoms with Gasteiger partial charge in [0.15, 0.2) is 0 Å². The van der Waals surface area contributed by atoms with E-state index in [9.17, 15) is 0 Å². The molecule has 4 nitrogen and oxygen atoms in total. The number of hydrogen-bond donors (Lipinski definition) is 0. The van der Waals surface area contributed by atoms with Crippen molar-refractivity contribution in [2.24, 2.45) is 0 Å². The minimum Gasteiger partial charge on any atom is -0.309 e. The Bertz CT molecular complexity index is 3770. The largest absolute Gasteiger partial charge is 0.309 e. The van der Waals surface area contributed by atoms with Crippen LogP contribution in [0.15, 0.2) is 194 Å². The SMILES string of the molecule is c1ccc2cc3c(cc2c1)c1ccccc1n3-c1ccc2c3c4ccccc4ccc3n(-c3cc(-n4c5ccccc5c5ccccc54)c4ccccc4n3)c2c1. The van der Waals surface area contributed by atoms with E-state index in [0.29, 0.717) is 0 Å². The zero-order valence-corrected chi connectivity index (χ0v) is 30.8. The van der Waals surface area contributed by atoms with Gasteiger partial charge in [0.05, 0.1) is 44.3 Å². The molecule has 4 heterocycles. The molecular formula is C53H32N4. The van der Waals surface area contributed by atoms with Gasteiger partial charge in [0.1, 0.15) is 5.82 Å². The topological polar surface area (TPSA) is 27.7 Å². The van der Waals surface area contributed by atoms with Crippen molar-refractivity contribution in [2.75, 3.05) is 0 Å². The second-order valence-electron chi connectivity index (χ2n) is 15.2. The van der Waals surface area contributed by atoms with Gasteiger partial charge in [0, 0.05) is 49.5 Å². The van der Waals surface area contributed by atoms with E-state index in [2.05, 4.69) is 208 Å². The molecule has 0 saturated heterocycles. The van der Waals surface area contributed by atoms with Crippen molar-refractivity contribution in [3.63, 3.8) is 0 Å². The molecule has 0 aliphatic heterocycles. The summed E-state index contributed by atoms with van der Waals surface area (Å²) < 4.78 is 7.26. The number of nitrogens with zero attached hydrogens (tertiary/aromatic N) is 4. The molecule has 0 radical (unpaired) electrons. The number of aromatic nitrogens is 4. The van der Waals surface area contributed by atoms with E-state index in [1.807, 2.05) is 0 Å². The van der Waals surface area contributed by atoms with Crippen LogP contribution in [0.25, 0.3) is 115 Å². The minimum atomic E-state index is 0.881. The predicted molar refractivity (Wildman–Crippen MR) is 240 cm³/mol. The van der Waals surface area contributed by atoms with E-state index in [1.54, 1.807) is 0 Å². The zero-order chi connectivity index (χ0) is 37.2. The molecule has 0 aliphatic carbocycles. The standard InChI is InChI=1S/C53H32N4/c1-2-15-35-30-49-43(29-34(35)14-1)40-19-8-10-22-45(40)55(49)36-26-27-42-50(31-36)57(48-28-25-33-13-3-4-16-37(33)53(42)48)52-32-51(41-20-5-9-21-44(41)54-52)56-46-23-11-6-17-38(46)39-18-7-12-24-47(39)56/h1-32H. The highest BCUT2D eigenvalue weighted by Gasteiger charge is 2.21. The molecule has 0 N–H and O–H groups in total. The first-order valence-corrected chi connectivity index (χ1v) is 19.6. The molecule has 0 aliphatic rings. The Balaban J connectivity index is 1.17. The predicted octanol–water partition coefficient (Wildman–Crippen LogP) is 13.8. The minimum absolute atomic E-state index is 0.881. The number of pyridine rings is 1. The molecule has 13 rings (SSSR count). The molecular weight excluding hydrogens is 693 g/mol. The number of hydrogen-bond acceptors (Lipinski definition) is 1. The number of fused-ring (bicyclic) bond motifs is 13. The maximum Gasteiger partial charge on any atom is 0.140 e. The molecule has 0 unspecified atom stereocenters. The van der Waals surface area contributed by atoms with E-state index < -0.39 is 0 Å². The summed E-state index contributed by atoms with van der Waals surface area (Å²) in [5, 5.41) is 13.5. The van der Waals surface area contributed by atoms with Crippen molar-refractivity contribution in [1.82, 2.24) is 18.7 Å². The van der Waals surface area contributed by atoms with Crippen LogP contribution in [-0.4, -0.2) is 18.7 Å². The highest BCUT2D eigenvalue weighted by molar-refractivity contribution is 6.22. The average molecular weight is 725 g/mol. The highest BCUT2D eigenvalue weighted by atomic mass is 15.1. The Kier molecular flexibility index (Phi) is 6.13. The van der Waals surface area contributed by atoms with Gasteiger partial charge in [-0.1, -0.05) is 133 Å². The fourth-order valence-electron chi connectivity index (χ4n) is 9.72. The van der Waals surface area contributed by atoms with Gasteiger partial charge in [-0.15, -0.1) is 0 Å². The van der Waals surface area contributed by atoms with Crippen LogP contribution in [0.2, 0.25) is 0 Å². The molecule has 0 saturated carbocycles. The van der Waals surface area contributed by atoms with Crippen LogP contribution < -0.4 is 0 Å². The summed E-state index contributed by atoms with van der Waals surface area (Å²) in [4.78, 5) is 5.50. The Hall–Kier alpha value is -7.69. The first-order chi connectivity index (χ1) is 28.3. The monoisotopic (exact) mass is 724 g/mol. The van der Waals surface area contributed by atoms with Gasteiger partial charge >= 0.3 is 0 Å². The zero-order valence-electron chi connectivity index (χ0n) is 30.8. The maximum atomic E-state index is 5.50. The van der Waals surface area contributed by atoms with Crippen molar-refractivity contribution in [3.8, 4) is 17.2 Å². The fraction of sp³-hybridized carbons (Fsp3) is 0. The molecule has 0 atom stereocenters. The maximum absolute atomic E-state index is 5.50. The smallest absolute Gasteiger partial charge is 0.140 e. The lowest BCUT2D eigenvalue weighted by molar-refractivity contribution is 1.08. The third kappa shape index (κ3) is 4.24. The van der Waals surface area contributed by atoms with Gasteiger partial charge in [-0.25, -0.2) is 4.98 Å². The number of rotatable bonds is 3. The summed E-state index contributed by atoms with van der Waals surface area (Å²) in [5.74, 6) is 0.881. The first-order valence-electron chi connectivity index (χ1n) is 19.6. The van der Waals surface area contributed by atoms with Crippen LogP contribution in [0.1, 0.15) is 0 Å². The quantitative estimate of drug-likeness (QED) is 0.178. The molecule has 13 aromatic rings. The number of para-hydroxylation sites is 4. The van der Waals surface area contributed by atoms with Gasteiger partial charge in [0.2, 0.25) is 0 Å². The van der Waals surface area contributed by atoms with E-state index in [0.717, 1.165) is 39.1 Å². The van der Waals surface area contributed by atoms with Crippen LogP contribution in [-0.2, 0) is 0 Å². The molecule has 0 spiro atoms. The first kappa shape index (κ1) is 30.6. The summed E-state index contributed by atoms with van der Waals surface area (Å²) in [5.41, 5.74) is 10.1. The van der Waals surface area contributed by atoms with Gasteiger partial charge in [-0.05, 0) is 76.1 Å². The molecule has 57 heavy (non-hydrogen) atoms. The van der Waals surface area contributed by atoms with Gasteiger partial charge in [0.25, 0.3) is 0 Å². The van der Waals surface area contributed by atoms with E-state index in [-0.39, 0.29) is 0 Å². The lowest BCUT2D eigenvalue weighted by Gasteiger charge is -2.16. The Morgan fingerprint density at radius 2 is 0.860 bits per heavy atom. The fourth-order valence-corrected chi connectivity index (χ4v) is 9.72. The van der Waals surface area contributed by atoms with Crippen LogP contribution >= 0.6 is 0 Å². The van der Waals surface area contributed by atoms with E-state index >= 15 is 0 Å². The molecule has 0 fully saturated rings. The summed E-state index contributed by atoms with van der Waals surface area (Å²) in [6, 6.07) is 70.8. The van der Waals surface area contributed by atoms with Crippen molar-refractivity contribution < 1.29 is 0 Å². The molecule has 264 valence electrons. The summed E-state index contributed by atoms with van der Waals surface area (Å²) >= 11 is 0. The van der Waals surface area contributed by atoms with Crippen molar-refractivity contribution in [3.05, 3.63) is 194 Å². The van der Waals surface area contributed by atoms with Crippen LogP contribution in [0.4, 0.5) is 0 Å². The molecule has 0 bridgehead atoms.